The number of rotatable bonds is 1. The molecule has 0 spiro atoms. The minimum Gasteiger partial charge on any atom is -0.232 e. The zero-order valence-electron chi connectivity index (χ0n) is 11.5. The molecule has 0 bridgehead atoms. The minimum atomic E-state index is 0.141. The van der Waals surface area contributed by atoms with Crippen molar-refractivity contribution in [3.63, 3.8) is 0 Å². The van der Waals surface area contributed by atoms with Crippen LogP contribution in [0.5, 0.6) is 0 Å². The van der Waals surface area contributed by atoms with Gasteiger partial charge in [-0.3, -0.25) is 0 Å². The Kier molecular flexibility index (Phi) is 2.54. The molecule has 0 aliphatic heterocycles. The van der Waals surface area contributed by atoms with Crippen LogP contribution in [0.25, 0.3) is 5.69 Å². The molecule has 3 rings (SSSR count). The van der Waals surface area contributed by atoms with Crippen LogP contribution in [0, 0.1) is 0 Å². The standard InChI is InChI=1S/C16H21N2/c1-16(2,3)18-10-9-17(12-18)15-8-7-13-5-4-6-14(13)11-15/h7-12H,4-6H2,1-3H3/q+1. The number of imidazole rings is 1. The lowest BCUT2D eigenvalue weighted by molar-refractivity contribution is -0.753. The average molecular weight is 241 g/mol. The quantitative estimate of drug-likeness (QED) is 0.679. The lowest BCUT2D eigenvalue weighted by Crippen LogP contribution is -2.48. The van der Waals surface area contributed by atoms with Crippen LogP contribution in [0.2, 0.25) is 0 Å². The normalized spacial score (nSPS) is 14.8. The second kappa shape index (κ2) is 3.98. The minimum absolute atomic E-state index is 0.141. The van der Waals surface area contributed by atoms with Crippen LogP contribution < -0.4 is 4.57 Å². The molecule has 18 heavy (non-hydrogen) atoms. The maximum atomic E-state index is 2.34. The van der Waals surface area contributed by atoms with E-state index in [1.54, 1.807) is 0 Å². The zero-order valence-corrected chi connectivity index (χ0v) is 11.5. The number of fused-ring (bicyclic) bond motifs is 1. The molecule has 0 fully saturated rings. The van der Waals surface area contributed by atoms with Gasteiger partial charge in [-0.2, -0.15) is 0 Å². The van der Waals surface area contributed by atoms with Gasteiger partial charge in [-0.15, -0.1) is 0 Å². The first-order chi connectivity index (χ1) is 8.54. The van der Waals surface area contributed by atoms with Crippen LogP contribution in [0.15, 0.2) is 36.9 Å². The molecule has 1 aromatic heterocycles. The fraction of sp³-hybridized carbons (Fsp3) is 0.438. The molecule has 1 aromatic carbocycles. The van der Waals surface area contributed by atoms with E-state index in [1.165, 1.54) is 36.1 Å². The Labute approximate surface area is 109 Å². The van der Waals surface area contributed by atoms with Crippen molar-refractivity contribution >= 4 is 0 Å². The molecule has 0 saturated carbocycles. The first-order valence-corrected chi connectivity index (χ1v) is 6.76. The highest BCUT2D eigenvalue weighted by atomic mass is 15.1. The molecule has 1 heterocycles. The highest BCUT2D eigenvalue weighted by Crippen LogP contribution is 2.24. The van der Waals surface area contributed by atoms with E-state index in [9.17, 15) is 0 Å². The Morgan fingerprint density at radius 1 is 1.11 bits per heavy atom. The van der Waals surface area contributed by atoms with Gasteiger partial charge in [-0.05, 0) is 63.3 Å². The summed E-state index contributed by atoms with van der Waals surface area (Å²) in [6.07, 6.45) is 10.3. The number of aromatic nitrogens is 2. The average Bonchev–Trinajstić information content (AvgIpc) is 2.96. The summed E-state index contributed by atoms with van der Waals surface area (Å²) in [5.41, 5.74) is 4.49. The summed E-state index contributed by atoms with van der Waals surface area (Å²) >= 11 is 0. The summed E-state index contributed by atoms with van der Waals surface area (Å²) in [4.78, 5) is 0. The number of hydrogen-bond acceptors (Lipinski definition) is 0. The van der Waals surface area contributed by atoms with Crippen molar-refractivity contribution in [1.29, 1.82) is 0 Å². The number of hydrogen-bond donors (Lipinski definition) is 0. The lowest BCUT2D eigenvalue weighted by atomic mass is 10.1. The first kappa shape index (κ1) is 11.5. The van der Waals surface area contributed by atoms with Crippen LogP contribution >= 0.6 is 0 Å². The van der Waals surface area contributed by atoms with Crippen molar-refractivity contribution in [2.75, 3.05) is 0 Å². The molecule has 2 nitrogen and oxygen atoms in total. The summed E-state index contributed by atoms with van der Waals surface area (Å²) in [7, 11) is 0. The van der Waals surface area contributed by atoms with E-state index in [0.29, 0.717) is 0 Å². The van der Waals surface area contributed by atoms with Gasteiger partial charge >= 0.3 is 0 Å². The number of benzene rings is 1. The summed E-state index contributed by atoms with van der Waals surface area (Å²) in [5.74, 6) is 0. The van der Waals surface area contributed by atoms with Gasteiger partial charge in [0.2, 0.25) is 6.33 Å². The fourth-order valence-corrected chi connectivity index (χ4v) is 2.62. The Morgan fingerprint density at radius 2 is 1.89 bits per heavy atom. The molecule has 2 aromatic rings. The zero-order chi connectivity index (χ0) is 12.8. The van der Waals surface area contributed by atoms with E-state index >= 15 is 0 Å². The van der Waals surface area contributed by atoms with Crippen LogP contribution in [0.4, 0.5) is 0 Å². The Morgan fingerprint density at radius 3 is 2.61 bits per heavy atom. The molecular weight excluding hydrogens is 220 g/mol. The van der Waals surface area contributed by atoms with Crippen molar-refractivity contribution in [2.24, 2.45) is 0 Å². The molecule has 1 aliphatic rings. The smallest absolute Gasteiger partial charge is 0.232 e. The third-order valence-corrected chi connectivity index (χ3v) is 3.79. The van der Waals surface area contributed by atoms with Gasteiger partial charge < -0.3 is 0 Å². The van der Waals surface area contributed by atoms with Gasteiger partial charge in [-0.25, -0.2) is 9.13 Å². The summed E-state index contributed by atoms with van der Waals surface area (Å²) < 4.78 is 4.46. The third-order valence-electron chi connectivity index (χ3n) is 3.79. The maximum Gasteiger partial charge on any atom is 0.249 e. The maximum absolute atomic E-state index is 2.34. The molecule has 94 valence electrons. The summed E-state index contributed by atoms with van der Waals surface area (Å²) in [6, 6.07) is 6.87. The molecule has 0 N–H and O–H groups in total. The van der Waals surface area contributed by atoms with E-state index in [4.69, 9.17) is 0 Å². The molecule has 0 unspecified atom stereocenters. The van der Waals surface area contributed by atoms with Crippen molar-refractivity contribution in [1.82, 2.24) is 4.57 Å². The molecule has 0 atom stereocenters. The summed E-state index contributed by atoms with van der Waals surface area (Å²) in [6.45, 7) is 6.67. The second-order valence-corrected chi connectivity index (χ2v) is 6.21. The predicted octanol–water partition coefficient (Wildman–Crippen LogP) is 3.01. The van der Waals surface area contributed by atoms with Gasteiger partial charge in [-0.1, -0.05) is 6.07 Å². The van der Waals surface area contributed by atoms with E-state index < -0.39 is 0 Å². The van der Waals surface area contributed by atoms with Gasteiger partial charge in [0.1, 0.15) is 23.6 Å². The second-order valence-electron chi connectivity index (χ2n) is 6.21. The van der Waals surface area contributed by atoms with Crippen LogP contribution in [0.3, 0.4) is 0 Å². The van der Waals surface area contributed by atoms with Gasteiger partial charge in [0.15, 0.2) is 0 Å². The molecule has 2 heteroatoms. The van der Waals surface area contributed by atoms with E-state index in [0.717, 1.165) is 0 Å². The largest absolute Gasteiger partial charge is 0.249 e. The summed E-state index contributed by atoms with van der Waals surface area (Å²) in [5, 5.41) is 0. The molecular formula is C16H21N2+. The van der Waals surface area contributed by atoms with Crippen LogP contribution in [-0.2, 0) is 18.4 Å². The van der Waals surface area contributed by atoms with Gasteiger partial charge in [0, 0.05) is 0 Å². The van der Waals surface area contributed by atoms with Crippen molar-refractivity contribution in [3.05, 3.63) is 48.0 Å². The highest BCUT2D eigenvalue weighted by molar-refractivity contribution is 5.42. The monoisotopic (exact) mass is 241 g/mol. The molecule has 0 amide bonds. The Balaban J connectivity index is 1.98. The van der Waals surface area contributed by atoms with E-state index in [1.807, 2.05) is 0 Å². The molecule has 0 radical (unpaired) electrons. The third kappa shape index (κ3) is 1.96. The van der Waals surface area contributed by atoms with Crippen LogP contribution in [-0.4, -0.2) is 4.57 Å². The van der Waals surface area contributed by atoms with Gasteiger partial charge in [0.25, 0.3) is 0 Å². The number of nitrogens with zero attached hydrogens (tertiary/aromatic N) is 2. The number of aryl methyl sites for hydroxylation is 2. The molecule has 0 saturated heterocycles. The van der Waals surface area contributed by atoms with Crippen molar-refractivity contribution < 1.29 is 4.57 Å². The lowest BCUT2D eigenvalue weighted by Gasteiger charge is -2.13. The SMILES string of the molecule is CC(C)(C)[n+]1ccn(-c2ccc3c(c2)CCC3)c1. The Bertz CT molecular complexity index is 573. The first-order valence-electron chi connectivity index (χ1n) is 6.76. The topological polar surface area (TPSA) is 8.81 Å². The Hall–Kier alpha value is -1.57. The van der Waals surface area contributed by atoms with Gasteiger partial charge in [0.05, 0.1) is 0 Å². The van der Waals surface area contributed by atoms with Crippen LogP contribution in [0.1, 0.15) is 38.3 Å². The highest BCUT2D eigenvalue weighted by Gasteiger charge is 2.20. The fourth-order valence-electron chi connectivity index (χ4n) is 2.62. The molecule has 1 aliphatic carbocycles. The van der Waals surface area contributed by atoms with E-state index in [2.05, 4.69) is 66.8 Å². The van der Waals surface area contributed by atoms with Crippen molar-refractivity contribution in [3.8, 4) is 5.69 Å². The van der Waals surface area contributed by atoms with E-state index in [-0.39, 0.29) is 5.54 Å². The predicted molar refractivity (Wildman–Crippen MR) is 73.0 cm³/mol. The van der Waals surface area contributed by atoms with Crippen molar-refractivity contribution in [2.45, 2.75) is 45.6 Å².